The maximum atomic E-state index is 5.34. The fourth-order valence-corrected chi connectivity index (χ4v) is 1.48. The minimum absolute atomic E-state index is 0.209. The third-order valence-corrected chi connectivity index (χ3v) is 3.04. The molecular weight excluding hydrogens is 284 g/mol. The Hall–Kier alpha value is -1.32. The van der Waals surface area contributed by atoms with Crippen LogP contribution in [0.15, 0.2) is 10.2 Å². The lowest BCUT2D eigenvalue weighted by molar-refractivity contribution is 0.193. The van der Waals surface area contributed by atoms with Crippen LogP contribution in [-0.2, 0) is 4.74 Å². The SMILES string of the molecule is CNC(=S)N/N=C/C(=N/NC(=S)NC)C1CCOC1. The van der Waals surface area contributed by atoms with E-state index in [9.17, 15) is 0 Å². The van der Waals surface area contributed by atoms with Crippen LogP contribution in [0.5, 0.6) is 0 Å². The molecule has 0 bridgehead atoms. The number of nitrogens with zero attached hydrogens (tertiary/aromatic N) is 2. The summed E-state index contributed by atoms with van der Waals surface area (Å²) in [7, 11) is 3.45. The van der Waals surface area contributed by atoms with Crippen LogP contribution in [0.4, 0.5) is 0 Å². The Bertz CT molecular complexity index is 378. The molecule has 1 aliphatic rings. The molecule has 106 valence electrons. The number of nitrogens with one attached hydrogen (secondary N) is 4. The van der Waals surface area contributed by atoms with Crippen molar-refractivity contribution >= 4 is 46.6 Å². The molecule has 0 radical (unpaired) electrons. The summed E-state index contributed by atoms with van der Waals surface area (Å²) in [6.07, 6.45) is 2.53. The van der Waals surface area contributed by atoms with Crippen molar-refractivity contribution in [3.63, 3.8) is 0 Å². The highest BCUT2D eigenvalue weighted by atomic mass is 32.1. The Morgan fingerprint density at radius 3 is 2.47 bits per heavy atom. The molecule has 19 heavy (non-hydrogen) atoms. The molecule has 1 heterocycles. The van der Waals surface area contributed by atoms with Crippen molar-refractivity contribution in [2.45, 2.75) is 6.42 Å². The number of ether oxygens (including phenoxy) is 1. The molecule has 0 aromatic carbocycles. The van der Waals surface area contributed by atoms with Gasteiger partial charge in [-0.3, -0.25) is 10.9 Å². The number of thiocarbonyl (C=S) groups is 2. The standard InChI is InChI=1S/C10H18N6OS2/c1-11-9(18)15-13-5-8(7-3-4-17-6-7)14-16-10(19)12-2/h5,7H,3-4,6H2,1-2H3,(H2,11,15,18)(H2,12,16,19)/b13-5+,14-8-. The molecule has 0 aromatic rings. The van der Waals surface area contributed by atoms with Crippen molar-refractivity contribution in [1.82, 2.24) is 21.5 Å². The molecule has 1 unspecified atom stereocenters. The zero-order valence-electron chi connectivity index (χ0n) is 10.9. The summed E-state index contributed by atoms with van der Waals surface area (Å²) in [5, 5.41) is 14.7. The Morgan fingerprint density at radius 2 is 1.89 bits per heavy atom. The first kappa shape index (κ1) is 15.7. The first-order valence-corrected chi connectivity index (χ1v) is 6.62. The van der Waals surface area contributed by atoms with Crippen molar-refractivity contribution in [2.24, 2.45) is 16.1 Å². The van der Waals surface area contributed by atoms with E-state index in [1.807, 2.05) is 0 Å². The summed E-state index contributed by atoms with van der Waals surface area (Å²) in [5.74, 6) is 0.209. The molecule has 1 saturated heterocycles. The molecule has 1 atom stereocenters. The molecule has 9 heteroatoms. The second-order valence-corrected chi connectivity index (χ2v) is 4.55. The smallest absolute Gasteiger partial charge is 0.186 e. The van der Waals surface area contributed by atoms with Gasteiger partial charge >= 0.3 is 0 Å². The zero-order chi connectivity index (χ0) is 14.1. The van der Waals surface area contributed by atoms with Gasteiger partial charge in [-0.15, -0.1) is 0 Å². The van der Waals surface area contributed by atoms with E-state index in [4.69, 9.17) is 29.2 Å². The summed E-state index contributed by atoms with van der Waals surface area (Å²) in [6.45, 7) is 1.37. The minimum atomic E-state index is 0.209. The largest absolute Gasteiger partial charge is 0.381 e. The summed E-state index contributed by atoms with van der Waals surface area (Å²) in [4.78, 5) is 0. The van der Waals surface area contributed by atoms with Crippen LogP contribution in [0, 0.1) is 5.92 Å². The molecular formula is C10H18N6OS2. The minimum Gasteiger partial charge on any atom is -0.381 e. The fourth-order valence-electron chi connectivity index (χ4n) is 1.38. The van der Waals surface area contributed by atoms with E-state index in [0.717, 1.165) is 18.7 Å². The maximum Gasteiger partial charge on any atom is 0.186 e. The normalized spacial score (nSPS) is 19.3. The molecule has 0 aliphatic carbocycles. The van der Waals surface area contributed by atoms with Gasteiger partial charge in [0.1, 0.15) is 0 Å². The van der Waals surface area contributed by atoms with Gasteiger partial charge in [-0.05, 0) is 30.9 Å². The molecule has 1 rings (SSSR count). The van der Waals surface area contributed by atoms with E-state index < -0.39 is 0 Å². The number of hydrazone groups is 2. The van der Waals surface area contributed by atoms with Crippen LogP contribution >= 0.6 is 24.4 Å². The van der Waals surface area contributed by atoms with Crippen LogP contribution in [0.2, 0.25) is 0 Å². The Labute approximate surface area is 123 Å². The summed E-state index contributed by atoms with van der Waals surface area (Å²) < 4.78 is 5.34. The van der Waals surface area contributed by atoms with Crippen molar-refractivity contribution < 1.29 is 4.74 Å². The Kier molecular flexibility index (Phi) is 7.23. The van der Waals surface area contributed by atoms with Crippen molar-refractivity contribution in [1.29, 1.82) is 0 Å². The average molecular weight is 302 g/mol. The van der Waals surface area contributed by atoms with Gasteiger partial charge in [0.15, 0.2) is 10.2 Å². The van der Waals surface area contributed by atoms with Gasteiger partial charge in [0.05, 0.1) is 18.5 Å². The van der Waals surface area contributed by atoms with E-state index in [1.54, 1.807) is 20.3 Å². The van der Waals surface area contributed by atoms with E-state index >= 15 is 0 Å². The van der Waals surface area contributed by atoms with Crippen molar-refractivity contribution in [3.8, 4) is 0 Å². The number of hydrogen-bond acceptors (Lipinski definition) is 5. The Balaban J connectivity index is 2.63. The topological polar surface area (TPSA) is 82.1 Å². The van der Waals surface area contributed by atoms with Gasteiger partial charge < -0.3 is 15.4 Å². The lowest BCUT2D eigenvalue weighted by Gasteiger charge is -2.09. The van der Waals surface area contributed by atoms with E-state index in [1.165, 1.54) is 0 Å². The van der Waals surface area contributed by atoms with E-state index in [0.29, 0.717) is 16.8 Å². The monoisotopic (exact) mass is 302 g/mol. The second-order valence-electron chi connectivity index (χ2n) is 3.74. The molecule has 0 spiro atoms. The molecule has 0 aromatic heterocycles. The predicted molar refractivity (Wildman–Crippen MR) is 84.4 cm³/mol. The van der Waals surface area contributed by atoms with Crippen molar-refractivity contribution in [3.05, 3.63) is 0 Å². The fraction of sp³-hybridized carbons (Fsp3) is 0.600. The van der Waals surface area contributed by atoms with Crippen LogP contribution in [-0.4, -0.2) is 49.5 Å². The maximum absolute atomic E-state index is 5.34. The van der Waals surface area contributed by atoms with Gasteiger partial charge in [-0.2, -0.15) is 10.2 Å². The van der Waals surface area contributed by atoms with Crippen molar-refractivity contribution in [2.75, 3.05) is 27.3 Å². The first-order valence-electron chi connectivity index (χ1n) is 5.81. The van der Waals surface area contributed by atoms with Crippen LogP contribution in [0.1, 0.15) is 6.42 Å². The zero-order valence-corrected chi connectivity index (χ0v) is 12.5. The quantitative estimate of drug-likeness (QED) is 0.318. The molecule has 0 amide bonds. The first-order chi connectivity index (χ1) is 9.17. The molecule has 4 N–H and O–H groups in total. The number of hydrogen-bond donors (Lipinski definition) is 4. The van der Waals surface area contributed by atoms with E-state index in [-0.39, 0.29) is 5.92 Å². The molecule has 7 nitrogen and oxygen atoms in total. The van der Waals surface area contributed by atoms with Crippen LogP contribution in [0.25, 0.3) is 0 Å². The highest BCUT2D eigenvalue weighted by Gasteiger charge is 2.20. The second kappa shape index (κ2) is 8.73. The lowest BCUT2D eigenvalue weighted by atomic mass is 10.0. The van der Waals surface area contributed by atoms with E-state index in [2.05, 4.69) is 31.7 Å². The predicted octanol–water partition coefficient (Wildman–Crippen LogP) is -0.448. The molecule has 1 fully saturated rings. The molecule has 0 saturated carbocycles. The summed E-state index contributed by atoms with van der Waals surface area (Å²) >= 11 is 9.89. The summed E-state index contributed by atoms with van der Waals surface area (Å²) in [6, 6.07) is 0. The van der Waals surface area contributed by atoms with Gasteiger partial charge in [-0.1, -0.05) is 0 Å². The average Bonchev–Trinajstić information content (AvgIpc) is 2.95. The van der Waals surface area contributed by atoms with Gasteiger partial charge in [0, 0.05) is 26.6 Å². The van der Waals surface area contributed by atoms with Crippen LogP contribution in [0.3, 0.4) is 0 Å². The molecule has 1 aliphatic heterocycles. The highest BCUT2D eigenvalue weighted by molar-refractivity contribution is 7.80. The van der Waals surface area contributed by atoms with Gasteiger partial charge in [0.25, 0.3) is 0 Å². The Morgan fingerprint density at radius 1 is 1.21 bits per heavy atom. The lowest BCUT2D eigenvalue weighted by Crippen LogP contribution is -2.32. The van der Waals surface area contributed by atoms with Crippen LogP contribution < -0.4 is 21.5 Å². The van der Waals surface area contributed by atoms with Gasteiger partial charge in [0.2, 0.25) is 0 Å². The van der Waals surface area contributed by atoms with Gasteiger partial charge in [-0.25, -0.2) is 0 Å². The third kappa shape index (κ3) is 5.90. The highest BCUT2D eigenvalue weighted by Crippen LogP contribution is 2.13. The summed E-state index contributed by atoms with van der Waals surface area (Å²) in [5.41, 5.74) is 6.19. The number of rotatable bonds is 4. The third-order valence-electron chi connectivity index (χ3n) is 2.45.